The summed E-state index contributed by atoms with van der Waals surface area (Å²) in [6, 6.07) is 5.72. The molecular formula is C57H82N6O13. The second-order valence-electron chi connectivity index (χ2n) is 22.6. The lowest BCUT2D eigenvalue weighted by atomic mass is 9.55. The molecule has 6 amide bonds. The second kappa shape index (κ2) is 26.7. The number of β-amino-alcohol motifs (C(OH)–C–C–N with tert-alkyl or cyclic N) is 1. The van der Waals surface area contributed by atoms with Gasteiger partial charge in [-0.25, -0.2) is 4.79 Å². The zero-order valence-corrected chi connectivity index (χ0v) is 45.1. The zero-order chi connectivity index (χ0) is 55.4. The van der Waals surface area contributed by atoms with E-state index in [9.17, 15) is 58.8 Å². The van der Waals surface area contributed by atoms with Gasteiger partial charge in [-0.1, -0.05) is 72.1 Å². The Morgan fingerprint density at radius 3 is 2.13 bits per heavy atom. The van der Waals surface area contributed by atoms with Crippen LogP contribution in [0.4, 0.5) is 0 Å². The Labute approximate surface area is 446 Å². The normalized spacial score (nSPS) is 24.6. The molecule has 76 heavy (non-hydrogen) atoms. The Hall–Kier alpha value is -6.24. The average molecular weight is 1060 g/mol. The number of benzene rings is 2. The van der Waals surface area contributed by atoms with Gasteiger partial charge in [0.2, 0.25) is 35.4 Å². The van der Waals surface area contributed by atoms with E-state index in [4.69, 9.17) is 4.74 Å². The molecule has 0 spiro atoms. The van der Waals surface area contributed by atoms with Crippen LogP contribution in [-0.4, -0.2) is 128 Å². The SMILES string of the molecule is CC[C@H](C)[C@H](NC(=O)[C@H](Cc1ccc(O)cc1)NC(=O)[C@@H]1CC(O)CN1C(=O)[C@H](C)NC(=O)[C@H](CC(C)C)NC(=O)CCCCCCC(=O)NCC(=O)OC1CC[C@H]2[C@@H]3CCc4cc(O)ccc4[C@H]3CC[C@]12C)C(=O)O. The van der Waals surface area contributed by atoms with E-state index in [1.165, 1.54) is 30.2 Å². The number of rotatable bonds is 25. The Morgan fingerprint density at radius 1 is 0.789 bits per heavy atom. The number of phenolic OH excluding ortho intramolecular Hbond substituents is 2. The van der Waals surface area contributed by atoms with Gasteiger partial charge in [0, 0.05) is 37.6 Å². The molecule has 0 bridgehead atoms. The summed E-state index contributed by atoms with van der Waals surface area (Å²) in [5.41, 5.74) is 3.03. The molecule has 2 saturated carbocycles. The number of carboxylic acid groups (broad SMARTS) is 1. The number of aryl methyl sites for hydroxylation is 1. The lowest BCUT2D eigenvalue weighted by Crippen LogP contribution is -2.58. The number of aliphatic hydroxyl groups excluding tert-OH is 1. The van der Waals surface area contributed by atoms with Gasteiger partial charge in [0.15, 0.2) is 0 Å². The fraction of sp³-hybridized carbons (Fsp3) is 0.649. The fourth-order valence-corrected chi connectivity index (χ4v) is 12.3. The lowest BCUT2D eigenvalue weighted by molar-refractivity contribution is -0.157. The number of nitrogens with zero attached hydrogens (tertiary/aromatic N) is 1. The van der Waals surface area contributed by atoms with E-state index < -0.39 is 77.8 Å². The maximum atomic E-state index is 13.9. The van der Waals surface area contributed by atoms with Gasteiger partial charge >= 0.3 is 11.9 Å². The number of carbonyl (C=O) groups excluding carboxylic acids is 7. The molecule has 1 heterocycles. The number of fused-ring (bicyclic) bond motifs is 5. The number of aliphatic carboxylic acids is 1. The lowest BCUT2D eigenvalue weighted by Gasteiger charge is -2.50. The van der Waals surface area contributed by atoms with Crippen LogP contribution in [0.25, 0.3) is 0 Å². The number of phenols is 2. The highest BCUT2D eigenvalue weighted by molar-refractivity contribution is 5.96. The highest BCUT2D eigenvalue weighted by Crippen LogP contribution is 2.61. The molecule has 2 aromatic rings. The summed E-state index contributed by atoms with van der Waals surface area (Å²) >= 11 is 0. The number of unbranched alkanes of at least 4 members (excludes halogenated alkanes) is 3. The predicted octanol–water partition coefficient (Wildman–Crippen LogP) is 4.66. The molecule has 418 valence electrons. The Balaban J connectivity index is 0.909. The third kappa shape index (κ3) is 15.2. The molecule has 9 N–H and O–H groups in total. The van der Waals surface area contributed by atoms with Gasteiger partial charge in [0.25, 0.3) is 0 Å². The van der Waals surface area contributed by atoms with Gasteiger partial charge in [-0.3, -0.25) is 33.6 Å². The van der Waals surface area contributed by atoms with Crippen LogP contribution in [0.1, 0.15) is 154 Å². The molecule has 2 aromatic carbocycles. The van der Waals surface area contributed by atoms with Crippen molar-refractivity contribution in [3.63, 3.8) is 0 Å². The molecule has 19 heteroatoms. The zero-order valence-electron chi connectivity index (χ0n) is 45.1. The number of amides is 6. The number of aliphatic hydroxyl groups is 1. The average Bonchev–Trinajstić information content (AvgIpc) is 3.95. The van der Waals surface area contributed by atoms with Crippen LogP contribution in [0.5, 0.6) is 11.5 Å². The maximum Gasteiger partial charge on any atom is 0.326 e. The Kier molecular flexibility index (Phi) is 20.7. The van der Waals surface area contributed by atoms with Crippen LogP contribution < -0.4 is 26.6 Å². The van der Waals surface area contributed by atoms with Crippen LogP contribution in [0.3, 0.4) is 0 Å². The number of hydrogen-bond donors (Lipinski definition) is 9. The highest BCUT2D eigenvalue weighted by Gasteiger charge is 2.56. The molecule has 3 fully saturated rings. The number of hydrogen-bond acceptors (Lipinski definition) is 12. The summed E-state index contributed by atoms with van der Waals surface area (Å²) in [7, 11) is 0. The predicted molar refractivity (Wildman–Crippen MR) is 281 cm³/mol. The summed E-state index contributed by atoms with van der Waals surface area (Å²) in [6.07, 6.45) is 7.66. The van der Waals surface area contributed by atoms with E-state index in [-0.39, 0.29) is 80.2 Å². The van der Waals surface area contributed by atoms with Gasteiger partial charge in [-0.15, -0.1) is 0 Å². The molecule has 4 aliphatic rings. The van der Waals surface area contributed by atoms with Crippen molar-refractivity contribution in [3.8, 4) is 11.5 Å². The van der Waals surface area contributed by atoms with E-state index in [1.807, 2.05) is 19.9 Å². The third-order valence-corrected chi connectivity index (χ3v) is 16.6. The number of nitrogens with one attached hydrogen (secondary N) is 5. The van der Waals surface area contributed by atoms with Crippen molar-refractivity contribution in [2.45, 2.75) is 193 Å². The first-order valence-corrected chi connectivity index (χ1v) is 27.6. The molecule has 6 rings (SSSR count). The monoisotopic (exact) mass is 1060 g/mol. The first-order valence-electron chi connectivity index (χ1n) is 27.6. The van der Waals surface area contributed by atoms with Gasteiger partial charge < -0.3 is 56.6 Å². The van der Waals surface area contributed by atoms with Gasteiger partial charge in [0.05, 0.1) is 6.10 Å². The van der Waals surface area contributed by atoms with Crippen molar-refractivity contribution in [3.05, 3.63) is 59.2 Å². The van der Waals surface area contributed by atoms with Crippen LogP contribution in [-0.2, 0) is 55.9 Å². The minimum Gasteiger partial charge on any atom is -0.508 e. The van der Waals surface area contributed by atoms with Crippen LogP contribution in [0.2, 0.25) is 0 Å². The van der Waals surface area contributed by atoms with Crippen molar-refractivity contribution < 1.29 is 63.5 Å². The molecule has 2 unspecified atom stereocenters. The maximum absolute atomic E-state index is 13.9. The first kappa shape index (κ1) is 59.0. The molecular weight excluding hydrogens is 977 g/mol. The van der Waals surface area contributed by atoms with Crippen LogP contribution in [0, 0.1) is 29.1 Å². The van der Waals surface area contributed by atoms with Crippen LogP contribution >= 0.6 is 0 Å². The number of likely N-dealkylation sites (tertiary alicyclic amines) is 1. The number of carboxylic acids is 1. The summed E-state index contributed by atoms with van der Waals surface area (Å²) in [5.74, 6) is -3.87. The van der Waals surface area contributed by atoms with Gasteiger partial charge in [-0.2, -0.15) is 0 Å². The van der Waals surface area contributed by atoms with Crippen LogP contribution in [0.15, 0.2) is 42.5 Å². The molecule has 1 aliphatic heterocycles. The molecule has 12 atom stereocenters. The largest absolute Gasteiger partial charge is 0.508 e. The van der Waals surface area contributed by atoms with Crippen molar-refractivity contribution in [1.82, 2.24) is 31.5 Å². The molecule has 1 saturated heterocycles. The third-order valence-electron chi connectivity index (χ3n) is 16.6. The van der Waals surface area contributed by atoms with E-state index in [2.05, 4.69) is 39.6 Å². The standard InChI is InChI=1S/C57H82N6O13/c1-7-33(4)51(56(74)75)62-53(71)45(27-35-14-17-37(64)18-15-35)61-54(72)46-29-39(66)31-63(46)55(73)34(5)59-52(70)44(26-32(2)3)60-49(68)13-11-9-8-10-12-48(67)58-30-50(69)76-47-23-22-43-42-20-16-36-28-38(65)19-21-40(36)41(42)24-25-57(43,47)6/h14-15,17-19,21,28,32-34,39,41-47,51,64-66H,7-13,16,20,22-27,29-31H2,1-6H3,(H,58,67)(H,59,70)(H,60,68)(H,61,72)(H,62,71)(H,74,75)/t33-,34-,39?,41+,42+,43-,44-,45-,46-,47?,51-,57-/m0/s1. The first-order chi connectivity index (χ1) is 36.1. The van der Waals surface area contributed by atoms with Crippen molar-refractivity contribution in [1.29, 1.82) is 0 Å². The van der Waals surface area contributed by atoms with Gasteiger partial charge in [0.1, 0.15) is 54.4 Å². The smallest absolute Gasteiger partial charge is 0.326 e. The molecule has 3 aliphatic carbocycles. The number of aromatic hydroxyl groups is 2. The highest BCUT2D eigenvalue weighted by atomic mass is 16.5. The Bertz CT molecular complexity index is 2400. The van der Waals surface area contributed by atoms with E-state index in [0.717, 1.165) is 43.4 Å². The topological polar surface area (TPSA) is 290 Å². The van der Waals surface area contributed by atoms with E-state index in [1.54, 1.807) is 32.0 Å². The summed E-state index contributed by atoms with van der Waals surface area (Å²) in [6.45, 7) is 10.5. The van der Waals surface area contributed by atoms with Crippen molar-refractivity contribution in [2.24, 2.45) is 29.1 Å². The van der Waals surface area contributed by atoms with E-state index in [0.29, 0.717) is 61.2 Å². The molecule has 0 aromatic heterocycles. The number of esters is 1. The summed E-state index contributed by atoms with van der Waals surface area (Å²) < 4.78 is 6.05. The number of carbonyl (C=O) groups is 8. The quantitative estimate of drug-likeness (QED) is 0.0484. The molecule has 19 nitrogen and oxygen atoms in total. The minimum atomic E-state index is -1.30. The van der Waals surface area contributed by atoms with Crippen molar-refractivity contribution >= 4 is 47.4 Å². The van der Waals surface area contributed by atoms with Crippen molar-refractivity contribution in [2.75, 3.05) is 13.1 Å². The Morgan fingerprint density at radius 2 is 1.46 bits per heavy atom. The fourth-order valence-electron chi connectivity index (χ4n) is 12.3. The van der Waals surface area contributed by atoms with E-state index >= 15 is 0 Å². The summed E-state index contributed by atoms with van der Waals surface area (Å²) in [4.78, 5) is 107. The number of ether oxygens (including phenoxy) is 1. The second-order valence-corrected chi connectivity index (χ2v) is 22.6. The molecule has 0 radical (unpaired) electrons. The summed E-state index contributed by atoms with van der Waals surface area (Å²) in [5, 5.41) is 53.7. The minimum absolute atomic E-state index is 0.0171. The van der Waals surface area contributed by atoms with Gasteiger partial charge in [-0.05, 0) is 135 Å².